The Morgan fingerprint density at radius 1 is 1.63 bits per heavy atom. The molecule has 0 amide bonds. The maximum absolute atomic E-state index is 11.7. The van der Waals surface area contributed by atoms with E-state index in [1.165, 1.54) is 17.4 Å². The van der Waals surface area contributed by atoms with E-state index < -0.39 is 0 Å². The van der Waals surface area contributed by atoms with Crippen molar-refractivity contribution in [1.29, 1.82) is 5.41 Å². The van der Waals surface area contributed by atoms with E-state index in [1.807, 2.05) is 0 Å². The number of hydrogen-bond acceptors (Lipinski definition) is 6. The van der Waals surface area contributed by atoms with Gasteiger partial charge in [0.25, 0.3) is 0 Å². The number of hydrogen-bond donors (Lipinski definition) is 3. The predicted molar refractivity (Wildman–Crippen MR) is 76.6 cm³/mol. The Morgan fingerprint density at radius 2 is 2.37 bits per heavy atom. The fourth-order valence-electron chi connectivity index (χ4n) is 1.58. The van der Waals surface area contributed by atoms with Crippen LogP contribution in [0.5, 0.6) is 0 Å². The number of aryl methyl sites for hydroxylation is 1. The summed E-state index contributed by atoms with van der Waals surface area (Å²) in [6, 6.07) is 1.69. The zero-order chi connectivity index (χ0) is 14.3. The van der Waals surface area contributed by atoms with Crippen LogP contribution >= 0.6 is 11.3 Å². The highest BCUT2D eigenvalue weighted by Crippen LogP contribution is 2.28. The first kappa shape index (κ1) is 15.4. The Bertz CT molecular complexity index is 480. The number of rotatable bonds is 7. The summed E-state index contributed by atoms with van der Waals surface area (Å²) in [7, 11) is 0. The number of esters is 1. The van der Waals surface area contributed by atoms with E-state index in [2.05, 4.69) is 0 Å². The first-order valence-corrected chi connectivity index (χ1v) is 6.83. The molecular weight excluding hydrogens is 264 g/mol. The molecule has 0 spiro atoms. The fourth-order valence-corrected chi connectivity index (χ4v) is 2.70. The highest BCUT2D eigenvalue weighted by atomic mass is 32.1. The van der Waals surface area contributed by atoms with E-state index in [9.17, 15) is 4.79 Å². The Hall–Kier alpha value is -1.66. The second-order valence-electron chi connectivity index (χ2n) is 3.78. The lowest BCUT2D eigenvalue weighted by Gasteiger charge is -2.01. The van der Waals surface area contributed by atoms with Crippen LogP contribution in [0.3, 0.4) is 0 Å². The van der Waals surface area contributed by atoms with Crippen molar-refractivity contribution in [1.82, 2.24) is 0 Å². The van der Waals surface area contributed by atoms with E-state index >= 15 is 0 Å². The van der Waals surface area contributed by atoms with Gasteiger partial charge in [0, 0.05) is 29.0 Å². The van der Waals surface area contributed by atoms with E-state index in [0.29, 0.717) is 30.0 Å². The Morgan fingerprint density at radius 3 is 2.95 bits per heavy atom. The molecule has 0 aliphatic carbocycles. The molecule has 1 aromatic rings. The van der Waals surface area contributed by atoms with Crippen LogP contribution in [0.1, 0.15) is 33.5 Å². The Kier molecular flexibility index (Phi) is 6.24. The van der Waals surface area contributed by atoms with Crippen LogP contribution in [-0.4, -0.2) is 30.5 Å². The van der Waals surface area contributed by atoms with Gasteiger partial charge in [-0.15, -0.1) is 11.3 Å². The van der Waals surface area contributed by atoms with Crippen molar-refractivity contribution in [2.45, 2.75) is 19.8 Å². The standard InChI is InChI=1S/C13H18N2O3S/c1-2-18-13(17)12-8-9(10(15)5-6-14)11(19-12)4-3-7-16/h5-6,8,14,16H,2-4,7,15H2,1H3. The third-order valence-corrected chi connectivity index (χ3v) is 3.60. The van der Waals surface area contributed by atoms with Gasteiger partial charge < -0.3 is 21.0 Å². The van der Waals surface area contributed by atoms with Crippen LogP contribution in [0, 0.1) is 5.41 Å². The van der Waals surface area contributed by atoms with E-state index in [-0.39, 0.29) is 12.6 Å². The lowest BCUT2D eigenvalue weighted by Crippen LogP contribution is -2.02. The lowest BCUT2D eigenvalue weighted by atomic mass is 10.1. The SMILES string of the molecule is CCOC(=O)c1cc(C(N)=CC=N)c(CCCO)s1. The van der Waals surface area contributed by atoms with Crippen LogP contribution in [0.15, 0.2) is 12.1 Å². The lowest BCUT2D eigenvalue weighted by molar-refractivity contribution is 0.0532. The number of nitrogens with one attached hydrogen (secondary N) is 1. The maximum Gasteiger partial charge on any atom is 0.348 e. The summed E-state index contributed by atoms with van der Waals surface area (Å²) in [4.78, 5) is 13.1. The highest BCUT2D eigenvalue weighted by molar-refractivity contribution is 7.14. The number of carbonyl (C=O) groups excluding carboxylic acids is 1. The molecule has 0 radical (unpaired) electrons. The smallest absolute Gasteiger partial charge is 0.348 e. The average Bonchev–Trinajstić information content (AvgIpc) is 2.81. The van der Waals surface area contributed by atoms with Gasteiger partial charge in [-0.2, -0.15) is 0 Å². The third kappa shape index (κ3) is 4.18. The van der Waals surface area contributed by atoms with Gasteiger partial charge in [0.05, 0.1) is 6.61 Å². The topological polar surface area (TPSA) is 96.4 Å². The van der Waals surface area contributed by atoms with E-state index in [0.717, 1.165) is 16.7 Å². The molecule has 5 nitrogen and oxygen atoms in total. The number of thiophene rings is 1. The second-order valence-corrected chi connectivity index (χ2v) is 4.92. The zero-order valence-electron chi connectivity index (χ0n) is 10.8. The van der Waals surface area contributed by atoms with Gasteiger partial charge in [-0.3, -0.25) is 0 Å². The van der Waals surface area contributed by atoms with Gasteiger partial charge in [-0.1, -0.05) is 0 Å². The summed E-state index contributed by atoms with van der Waals surface area (Å²) in [5, 5.41) is 15.9. The summed E-state index contributed by atoms with van der Waals surface area (Å²) in [5.74, 6) is -0.369. The average molecular weight is 282 g/mol. The Labute approximate surface area is 116 Å². The molecule has 0 aromatic carbocycles. The number of nitrogens with two attached hydrogens (primary N) is 1. The molecule has 104 valence electrons. The number of carbonyl (C=O) groups is 1. The monoisotopic (exact) mass is 282 g/mol. The van der Waals surface area contributed by atoms with Crippen molar-refractivity contribution < 1.29 is 14.6 Å². The zero-order valence-corrected chi connectivity index (χ0v) is 11.6. The predicted octanol–water partition coefficient (Wildman–Crippen LogP) is 1.80. The number of aliphatic hydroxyl groups excluding tert-OH is 1. The third-order valence-electron chi connectivity index (χ3n) is 2.42. The molecule has 0 atom stereocenters. The minimum absolute atomic E-state index is 0.0836. The molecule has 0 aliphatic rings. The summed E-state index contributed by atoms with van der Waals surface area (Å²) < 4.78 is 4.96. The van der Waals surface area contributed by atoms with Crippen molar-refractivity contribution >= 4 is 29.2 Å². The summed E-state index contributed by atoms with van der Waals surface area (Å²) in [6.45, 7) is 2.16. The van der Waals surface area contributed by atoms with Gasteiger partial charge in [0.1, 0.15) is 4.88 Å². The van der Waals surface area contributed by atoms with Gasteiger partial charge in [-0.25, -0.2) is 4.79 Å². The number of allylic oxidation sites excluding steroid dienone is 1. The molecule has 1 rings (SSSR count). The molecule has 0 aliphatic heterocycles. The molecule has 1 heterocycles. The summed E-state index contributed by atoms with van der Waals surface area (Å²) >= 11 is 1.32. The van der Waals surface area contributed by atoms with Gasteiger partial charge >= 0.3 is 5.97 Å². The number of aliphatic hydroxyl groups is 1. The molecule has 19 heavy (non-hydrogen) atoms. The molecule has 4 N–H and O–H groups in total. The van der Waals surface area contributed by atoms with E-state index in [4.69, 9.17) is 21.0 Å². The van der Waals surface area contributed by atoms with Crippen molar-refractivity contribution in [3.8, 4) is 0 Å². The first-order chi connectivity index (χ1) is 9.13. The maximum atomic E-state index is 11.7. The Balaban J connectivity index is 3.08. The molecule has 0 saturated carbocycles. The van der Waals surface area contributed by atoms with Crippen molar-refractivity contribution in [3.63, 3.8) is 0 Å². The first-order valence-electron chi connectivity index (χ1n) is 6.01. The van der Waals surface area contributed by atoms with Crippen molar-refractivity contribution in [3.05, 3.63) is 27.5 Å². The second kappa shape index (κ2) is 7.70. The summed E-state index contributed by atoms with van der Waals surface area (Å²) in [5.41, 5.74) is 7.05. The van der Waals surface area contributed by atoms with Crippen LogP contribution in [0.2, 0.25) is 0 Å². The van der Waals surface area contributed by atoms with Crippen molar-refractivity contribution in [2.24, 2.45) is 5.73 Å². The van der Waals surface area contributed by atoms with Crippen LogP contribution in [0.4, 0.5) is 0 Å². The van der Waals surface area contributed by atoms with Gasteiger partial charge in [-0.05, 0) is 31.9 Å². The number of ether oxygens (including phenoxy) is 1. The van der Waals surface area contributed by atoms with E-state index in [1.54, 1.807) is 13.0 Å². The summed E-state index contributed by atoms with van der Waals surface area (Å²) in [6.07, 6.45) is 3.82. The molecule has 0 fully saturated rings. The molecule has 0 saturated heterocycles. The van der Waals surface area contributed by atoms with Gasteiger partial charge in [0.2, 0.25) is 0 Å². The van der Waals surface area contributed by atoms with Crippen LogP contribution in [-0.2, 0) is 11.2 Å². The normalized spacial score (nSPS) is 11.4. The largest absolute Gasteiger partial charge is 0.462 e. The van der Waals surface area contributed by atoms with Crippen molar-refractivity contribution in [2.75, 3.05) is 13.2 Å². The van der Waals surface area contributed by atoms with Gasteiger partial charge in [0.15, 0.2) is 0 Å². The van der Waals surface area contributed by atoms with Crippen LogP contribution in [0.25, 0.3) is 5.70 Å². The fraction of sp³-hybridized carbons (Fsp3) is 0.385. The molecule has 0 unspecified atom stereocenters. The quantitative estimate of drug-likeness (QED) is 0.525. The minimum Gasteiger partial charge on any atom is -0.462 e. The molecular formula is C13H18N2O3S. The molecule has 6 heteroatoms. The van der Waals surface area contributed by atoms with Crippen LogP contribution < -0.4 is 5.73 Å². The highest BCUT2D eigenvalue weighted by Gasteiger charge is 2.16. The minimum atomic E-state index is -0.369. The molecule has 1 aromatic heterocycles. The molecule has 0 bridgehead atoms.